The summed E-state index contributed by atoms with van der Waals surface area (Å²) in [5.74, 6) is 0.559. The van der Waals surface area contributed by atoms with Gasteiger partial charge in [-0.15, -0.1) is 0 Å². The van der Waals surface area contributed by atoms with Crippen molar-refractivity contribution in [2.45, 2.75) is 45.1 Å². The maximum absolute atomic E-state index is 12.0. The van der Waals surface area contributed by atoms with Crippen LogP contribution in [0, 0.1) is 5.41 Å². The Morgan fingerprint density at radius 1 is 1.24 bits per heavy atom. The molecule has 0 atom stereocenters. The number of amides is 1. The van der Waals surface area contributed by atoms with E-state index in [0.717, 1.165) is 74.3 Å². The van der Waals surface area contributed by atoms with Crippen molar-refractivity contribution in [3.05, 3.63) is 35.0 Å². The summed E-state index contributed by atoms with van der Waals surface area (Å²) in [6.45, 7) is 5.16. The lowest BCUT2D eigenvalue weighted by molar-refractivity contribution is -0.128. The van der Waals surface area contributed by atoms with Crippen LogP contribution in [0.5, 0.6) is 0 Å². The first-order chi connectivity index (χ1) is 14.0. The number of nitrogens with one attached hydrogen (secondary N) is 2. The van der Waals surface area contributed by atoms with Gasteiger partial charge in [-0.3, -0.25) is 10.2 Å². The lowest BCUT2D eigenvalue weighted by atomic mass is 9.90. The maximum Gasteiger partial charge on any atom is 0.219 e. The minimum Gasteiger partial charge on any atom is -0.385 e. The molecule has 2 radical (unpaired) electrons. The van der Waals surface area contributed by atoms with Crippen LogP contribution in [-0.2, 0) is 16.0 Å². The number of carbonyl (C=O) groups is 1. The fraction of sp³-hybridized carbons (Fsp3) is 0.545. The van der Waals surface area contributed by atoms with Crippen molar-refractivity contribution >= 4 is 30.7 Å². The van der Waals surface area contributed by atoms with E-state index >= 15 is 0 Å². The fourth-order valence-corrected chi connectivity index (χ4v) is 4.51. The molecule has 0 bridgehead atoms. The number of nitrogens with zero attached hydrogens (tertiary/aromatic N) is 2. The first kappa shape index (κ1) is 20.0. The number of ether oxygens (including phenoxy) is 1. The molecule has 1 fully saturated rings. The topological polar surface area (TPSA) is 68.7 Å². The zero-order chi connectivity index (χ0) is 20.4. The normalized spacial score (nSPS) is 20.4. The molecule has 29 heavy (non-hydrogen) atoms. The van der Waals surface area contributed by atoms with Crippen LogP contribution < -0.4 is 15.7 Å². The number of hydrogen-bond donors (Lipinski definition) is 2. The van der Waals surface area contributed by atoms with E-state index in [4.69, 9.17) is 18.0 Å². The van der Waals surface area contributed by atoms with Gasteiger partial charge in [0.2, 0.25) is 5.91 Å². The number of benzene rings is 1. The van der Waals surface area contributed by atoms with Crippen molar-refractivity contribution in [2.75, 3.05) is 37.7 Å². The van der Waals surface area contributed by atoms with E-state index in [0.29, 0.717) is 25.0 Å². The second-order valence-electron chi connectivity index (χ2n) is 8.17. The van der Waals surface area contributed by atoms with Gasteiger partial charge in [0.25, 0.3) is 0 Å². The van der Waals surface area contributed by atoms with Gasteiger partial charge < -0.3 is 19.9 Å². The minimum absolute atomic E-state index is 0.0623. The molecule has 3 heterocycles. The Morgan fingerprint density at radius 2 is 2.03 bits per heavy atom. The molecular formula is C22H29BN4O2. The summed E-state index contributed by atoms with van der Waals surface area (Å²) in [6, 6.07) is 6.32. The van der Waals surface area contributed by atoms with Gasteiger partial charge in [0.05, 0.1) is 6.54 Å². The number of fused-ring (bicyclic) bond motifs is 1. The average Bonchev–Trinajstić information content (AvgIpc) is 2.73. The molecule has 0 unspecified atom stereocenters. The van der Waals surface area contributed by atoms with E-state index in [2.05, 4.69) is 10.2 Å². The van der Waals surface area contributed by atoms with E-state index in [1.807, 2.05) is 23.1 Å². The Hall–Kier alpha value is -2.28. The molecule has 0 aliphatic carbocycles. The van der Waals surface area contributed by atoms with Crippen molar-refractivity contribution < 1.29 is 9.53 Å². The molecule has 0 spiro atoms. The average molecular weight is 392 g/mol. The predicted octanol–water partition coefficient (Wildman–Crippen LogP) is 1.49. The Labute approximate surface area is 174 Å². The quantitative estimate of drug-likeness (QED) is 0.465. The third-order valence-electron chi connectivity index (χ3n) is 6.17. The lowest BCUT2D eigenvalue weighted by Crippen LogP contribution is -2.46. The summed E-state index contributed by atoms with van der Waals surface area (Å²) in [5.41, 5.74) is 5.07. The summed E-state index contributed by atoms with van der Waals surface area (Å²) < 4.78 is 5.49. The largest absolute Gasteiger partial charge is 0.385 e. The molecule has 2 N–H and O–H groups in total. The van der Waals surface area contributed by atoms with Crippen LogP contribution in [0.25, 0.3) is 0 Å². The van der Waals surface area contributed by atoms with Crippen LogP contribution in [0.1, 0.15) is 38.2 Å². The molecule has 4 rings (SSSR count). The Morgan fingerprint density at radius 3 is 2.79 bits per heavy atom. The van der Waals surface area contributed by atoms with Crippen molar-refractivity contribution in [3.8, 4) is 0 Å². The Bertz CT molecular complexity index is 832. The molecule has 7 heteroatoms. The molecule has 1 amide bonds. The smallest absolute Gasteiger partial charge is 0.219 e. The molecular weight excluding hydrogens is 363 g/mol. The number of anilines is 1. The van der Waals surface area contributed by atoms with Crippen LogP contribution in [0.15, 0.2) is 29.5 Å². The predicted molar refractivity (Wildman–Crippen MR) is 116 cm³/mol. The molecule has 152 valence electrons. The van der Waals surface area contributed by atoms with Gasteiger partial charge in [0, 0.05) is 62.6 Å². The number of rotatable bonds is 3. The van der Waals surface area contributed by atoms with Crippen LogP contribution in [0.2, 0.25) is 0 Å². The van der Waals surface area contributed by atoms with Crippen LogP contribution >= 0.6 is 0 Å². The summed E-state index contributed by atoms with van der Waals surface area (Å²) in [4.78, 5) is 16.0. The summed E-state index contributed by atoms with van der Waals surface area (Å²) in [5, 5.41) is 12.8. The minimum atomic E-state index is 0.0623. The fourth-order valence-electron chi connectivity index (χ4n) is 4.51. The van der Waals surface area contributed by atoms with E-state index in [-0.39, 0.29) is 5.91 Å². The van der Waals surface area contributed by atoms with E-state index in [9.17, 15) is 4.79 Å². The lowest BCUT2D eigenvalue weighted by Gasteiger charge is -2.38. The molecule has 0 aromatic heterocycles. The number of amidine groups is 1. The van der Waals surface area contributed by atoms with E-state index < -0.39 is 0 Å². The zero-order valence-corrected chi connectivity index (χ0v) is 17.2. The molecule has 1 saturated heterocycles. The molecule has 1 aromatic rings. The second-order valence-corrected chi connectivity index (χ2v) is 8.17. The van der Waals surface area contributed by atoms with Gasteiger partial charge in [-0.1, -0.05) is 17.6 Å². The van der Waals surface area contributed by atoms with Gasteiger partial charge in [0.1, 0.15) is 13.7 Å². The first-order valence-corrected chi connectivity index (χ1v) is 10.6. The molecule has 6 nitrogen and oxygen atoms in total. The van der Waals surface area contributed by atoms with Gasteiger partial charge in [0.15, 0.2) is 0 Å². The van der Waals surface area contributed by atoms with Crippen LogP contribution in [0.4, 0.5) is 5.69 Å². The SMILES string of the molecule is [B]c1ccc2c(c1)CCCN2C(=N)C1=C(NC2CCOCC2)CCN(C(C)=O)C1. The first-order valence-electron chi connectivity index (χ1n) is 10.6. The van der Waals surface area contributed by atoms with Crippen molar-refractivity contribution in [3.63, 3.8) is 0 Å². The highest BCUT2D eigenvalue weighted by molar-refractivity contribution is 6.32. The highest BCUT2D eigenvalue weighted by Gasteiger charge is 2.30. The molecule has 3 aliphatic heterocycles. The standard InChI is InChI=1S/C22H29BN4O2/c1-15(28)26-10-6-20(25-18-7-11-29-12-8-18)19(14-26)22(24)27-9-2-3-16-13-17(23)4-5-21(16)27/h4-5,13,18,24-25H,2-3,6-12,14H2,1H3. The van der Waals surface area contributed by atoms with Crippen molar-refractivity contribution in [1.29, 1.82) is 5.41 Å². The Kier molecular flexibility index (Phi) is 5.95. The van der Waals surface area contributed by atoms with Crippen LogP contribution in [-0.4, -0.2) is 63.4 Å². The summed E-state index contributed by atoms with van der Waals surface area (Å²) in [7, 11) is 5.98. The van der Waals surface area contributed by atoms with E-state index in [1.54, 1.807) is 6.92 Å². The summed E-state index contributed by atoms with van der Waals surface area (Å²) >= 11 is 0. The van der Waals surface area contributed by atoms with Gasteiger partial charge in [-0.05, 0) is 37.3 Å². The second kappa shape index (κ2) is 8.62. The van der Waals surface area contributed by atoms with Crippen molar-refractivity contribution in [1.82, 2.24) is 10.2 Å². The Balaban J connectivity index is 1.64. The van der Waals surface area contributed by atoms with Gasteiger partial charge in [-0.25, -0.2) is 0 Å². The van der Waals surface area contributed by atoms with E-state index in [1.165, 1.54) is 5.56 Å². The maximum atomic E-state index is 12.0. The van der Waals surface area contributed by atoms with Gasteiger partial charge >= 0.3 is 0 Å². The third kappa shape index (κ3) is 4.35. The number of carbonyl (C=O) groups excluding carboxylic acids is 1. The van der Waals surface area contributed by atoms with Crippen LogP contribution in [0.3, 0.4) is 0 Å². The molecule has 3 aliphatic rings. The molecule has 0 saturated carbocycles. The zero-order valence-electron chi connectivity index (χ0n) is 17.2. The number of hydrogen-bond acceptors (Lipinski definition) is 4. The van der Waals surface area contributed by atoms with Gasteiger partial charge in [-0.2, -0.15) is 0 Å². The number of aryl methyl sites for hydroxylation is 1. The van der Waals surface area contributed by atoms with Crippen molar-refractivity contribution in [2.24, 2.45) is 0 Å². The highest BCUT2D eigenvalue weighted by Crippen LogP contribution is 2.29. The summed E-state index contributed by atoms with van der Waals surface area (Å²) in [6.07, 6.45) is 4.69. The third-order valence-corrected chi connectivity index (χ3v) is 6.17. The highest BCUT2D eigenvalue weighted by atomic mass is 16.5. The molecule has 1 aromatic carbocycles. The monoisotopic (exact) mass is 392 g/mol.